The minimum Gasteiger partial charge on any atom is -0.477 e. The van der Waals surface area contributed by atoms with Gasteiger partial charge in [-0.3, -0.25) is 0 Å². The summed E-state index contributed by atoms with van der Waals surface area (Å²) in [5, 5.41) is 3.17. The lowest BCUT2D eigenvalue weighted by molar-refractivity contribution is 0.331. The summed E-state index contributed by atoms with van der Waals surface area (Å²) in [6.07, 6.45) is 1.78. The Kier molecular flexibility index (Phi) is 1.96. The van der Waals surface area contributed by atoms with E-state index in [1.165, 1.54) is 4.70 Å². The highest BCUT2D eigenvalue weighted by atomic mass is 32.1. The van der Waals surface area contributed by atoms with Crippen LogP contribution in [-0.4, -0.2) is 11.6 Å². The number of nitrogens with zero attached hydrogens (tertiary/aromatic N) is 1. The van der Waals surface area contributed by atoms with Gasteiger partial charge in [-0.25, -0.2) is 4.98 Å². The van der Waals surface area contributed by atoms with E-state index in [0.29, 0.717) is 6.61 Å². The van der Waals surface area contributed by atoms with E-state index in [-0.39, 0.29) is 0 Å². The number of fused-ring (bicyclic) bond motifs is 1. The zero-order chi connectivity index (χ0) is 8.39. The van der Waals surface area contributed by atoms with Crippen molar-refractivity contribution in [2.75, 3.05) is 6.61 Å². The fourth-order valence-corrected chi connectivity index (χ4v) is 1.89. The maximum Gasteiger partial charge on any atom is 0.222 e. The second kappa shape index (κ2) is 3.11. The Morgan fingerprint density at radius 1 is 1.50 bits per heavy atom. The molecule has 0 unspecified atom stereocenters. The molecule has 0 saturated heterocycles. The molecule has 2 aromatic heterocycles. The Bertz CT molecular complexity index is 383. The van der Waals surface area contributed by atoms with Crippen molar-refractivity contribution in [2.45, 2.75) is 6.92 Å². The summed E-state index contributed by atoms with van der Waals surface area (Å²) < 4.78 is 6.60. The van der Waals surface area contributed by atoms with Crippen molar-refractivity contribution in [1.29, 1.82) is 0 Å². The Balaban J connectivity index is 2.57. The number of aromatic nitrogens is 1. The molecule has 2 nitrogen and oxygen atoms in total. The molecule has 0 aliphatic rings. The number of rotatable bonds is 2. The molecule has 0 aliphatic carbocycles. The van der Waals surface area contributed by atoms with Gasteiger partial charge in [-0.15, -0.1) is 11.3 Å². The SMILES string of the molecule is CCOc1nccc2sccc12. The van der Waals surface area contributed by atoms with Gasteiger partial charge >= 0.3 is 0 Å². The van der Waals surface area contributed by atoms with Crippen molar-refractivity contribution in [3.63, 3.8) is 0 Å². The predicted molar refractivity (Wildman–Crippen MR) is 50.8 cm³/mol. The Hall–Kier alpha value is -1.09. The maximum absolute atomic E-state index is 5.37. The van der Waals surface area contributed by atoms with Crippen molar-refractivity contribution >= 4 is 21.4 Å². The van der Waals surface area contributed by atoms with Gasteiger partial charge in [0.15, 0.2) is 0 Å². The highest BCUT2D eigenvalue weighted by Gasteiger charge is 2.02. The first kappa shape index (κ1) is 7.55. The molecule has 3 heteroatoms. The van der Waals surface area contributed by atoms with E-state index in [2.05, 4.69) is 10.4 Å². The van der Waals surface area contributed by atoms with Gasteiger partial charge in [-0.1, -0.05) is 0 Å². The van der Waals surface area contributed by atoms with E-state index in [4.69, 9.17) is 4.74 Å². The van der Waals surface area contributed by atoms with Crippen LogP contribution in [0.5, 0.6) is 5.88 Å². The molecule has 12 heavy (non-hydrogen) atoms. The molecule has 62 valence electrons. The van der Waals surface area contributed by atoms with Crippen LogP contribution >= 0.6 is 11.3 Å². The van der Waals surface area contributed by atoms with Gasteiger partial charge in [0.05, 0.1) is 12.0 Å². The smallest absolute Gasteiger partial charge is 0.222 e. The minimum absolute atomic E-state index is 0.669. The van der Waals surface area contributed by atoms with Gasteiger partial charge in [0, 0.05) is 10.9 Å². The van der Waals surface area contributed by atoms with E-state index in [0.717, 1.165) is 11.3 Å². The average Bonchev–Trinajstić information content (AvgIpc) is 2.53. The predicted octanol–water partition coefficient (Wildman–Crippen LogP) is 2.70. The van der Waals surface area contributed by atoms with Crippen molar-refractivity contribution in [1.82, 2.24) is 4.98 Å². The summed E-state index contributed by atoms with van der Waals surface area (Å²) in [7, 11) is 0. The largest absolute Gasteiger partial charge is 0.477 e. The number of hydrogen-bond donors (Lipinski definition) is 0. The molecule has 0 N–H and O–H groups in total. The summed E-state index contributed by atoms with van der Waals surface area (Å²) in [5.41, 5.74) is 0. The first-order valence-electron chi connectivity index (χ1n) is 3.87. The molecular formula is C9H9NOS. The van der Waals surface area contributed by atoms with E-state index in [1.807, 2.05) is 19.1 Å². The van der Waals surface area contributed by atoms with Crippen LogP contribution in [-0.2, 0) is 0 Å². The van der Waals surface area contributed by atoms with Crippen LogP contribution in [0.2, 0.25) is 0 Å². The molecule has 2 rings (SSSR count). The van der Waals surface area contributed by atoms with E-state index in [9.17, 15) is 0 Å². The summed E-state index contributed by atoms with van der Waals surface area (Å²) in [6, 6.07) is 4.04. The average molecular weight is 179 g/mol. The zero-order valence-corrected chi connectivity index (χ0v) is 7.60. The Labute approximate surface area is 74.8 Å². The molecule has 0 spiro atoms. The fraction of sp³-hybridized carbons (Fsp3) is 0.222. The maximum atomic E-state index is 5.37. The lowest BCUT2D eigenvalue weighted by Crippen LogP contribution is -1.93. The number of thiophene rings is 1. The van der Waals surface area contributed by atoms with Gasteiger partial charge in [0.2, 0.25) is 5.88 Å². The second-order valence-corrected chi connectivity index (χ2v) is 3.33. The van der Waals surface area contributed by atoms with Gasteiger partial charge in [-0.05, 0) is 24.4 Å². The monoisotopic (exact) mass is 179 g/mol. The first-order valence-corrected chi connectivity index (χ1v) is 4.75. The molecule has 0 atom stereocenters. The lowest BCUT2D eigenvalue weighted by atomic mass is 10.3. The van der Waals surface area contributed by atoms with Crippen LogP contribution in [0.4, 0.5) is 0 Å². The normalized spacial score (nSPS) is 10.4. The fourth-order valence-electron chi connectivity index (χ4n) is 1.12. The second-order valence-electron chi connectivity index (χ2n) is 2.38. The molecule has 2 aromatic rings. The quantitative estimate of drug-likeness (QED) is 0.707. The van der Waals surface area contributed by atoms with Crippen molar-refractivity contribution in [2.24, 2.45) is 0 Å². The molecule has 0 fully saturated rings. The van der Waals surface area contributed by atoms with Crippen LogP contribution in [0, 0.1) is 0 Å². The topological polar surface area (TPSA) is 22.1 Å². The van der Waals surface area contributed by atoms with Crippen LogP contribution in [0.1, 0.15) is 6.92 Å². The lowest BCUT2D eigenvalue weighted by Gasteiger charge is -2.01. The van der Waals surface area contributed by atoms with Gasteiger partial charge in [0.1, 0.15) is 0 Å². The van der Waals surface area contributed by atoms with E-state index >= 15 is 0 Å². The first-order chi connectivity index (χ1) is 5.92. The molecule has 0 bridgehead atoms. The molecule has 2 heterocycles. The number of hydrogen-bond acceptors (Lipinski definition) is 3. The minimum atomic E-state index is 0.669. The number of pyridine rings is 1. The van der Waals surface area contributed by atoms with Crippen molar-refractivity contribution in [3.05, 3.63) is 23.7 Å². The van der Waals surface area contributed by atoms with E-state index in [1.54, 1.807) is 17.5 Å². The van der Waals surface area contributed by atoms with Crippen molar-refractivity contribution in [3.8, 4) is 5.88 Å². The molecule has 0 amide bonds. The molecule has 0 aromatic carbocycles. The van der Waals surface area contributed by atoms with E-state index < -0.39 is 0 Å². The Morgan fingerprint density at radius 3 is 3.25 bits per heavy atom. The van der Waals surface area contributed by atoms with Gasteiger partial charge in [-0.2, -0.15) is 0 Å². The van der Waals surface area contributed by atoms with Gasteiger partial charge < -0.3 is 4.74 Å². The summed E-state index contributed by atoms with van der Waals surface area (Å²) in [5.74, 6) is 0.747. The third kappa shape index (κ3) is 1.16. The standard InChI is InChI=1S/C9H9NOS/c1-2-11-9-7-4-6-12-8(7)3-5-10-9/h3-6H,2H2,1H3. The third-order valence-electron chi connectivity index (χ3n) is 1.62. The third-order valence-corrected chi connectivity index (χ3v) is 2.51. The van der Waals surface area contributed by atoms with Crippen LogP contribution in [0.15, 0.2) is 23.7 Å². The Morgan fingerprint density at radius 2 is 2.42 bits per heavy atom. The van der Waals surface area contributed by atoms with Crippen LogP contribution < -0.4 is 4.74 Å². The highest BCUT2D eigenvalue weighted by Crippen LogP contribution is 2.26. The summed E-state index contributed by atoms with van der Waals surface area (Å²) in [4.78, 5) is 4.15. The van der Waals surface area contributed by atoms with Crippen LogP contribution in [0.3, 0.4) is 0 Å². The van der Waals surface area contributed by atoms with Crippen molar-refractivity contribution < 1.29 is 4.74 Å². The summed E-state index contributed by atoms with van der Waals surface area (Å²) in [6.45, 7) is 2.63. The molecule has 0 radical (unpaired) electrons. The molecular weight excluding hydrogens is 170 g/mol. The highest BCUT2D eigenvalue weighted by molar-refractivity contribution is 7.17. The van der Waals surface area contributed by atoms with Crippen LogP contribution in [0.25, 0.3) is 10.1 Å². The zero-order valence-electron chi connectivity index (χ0n) is 6.78. The number of ether oxygens (including phenoxy) is 1. The van der Waals surface area contributed by atoms with Gasteiger partial charge in [0.25, 0.3) is 0 Å². The summed E-state index contributed by atoms with van der Waals surface area (Å²) >= 11 is 1.71. The molecule has 0 aliphatic heterocycles. The molecule has 0 saturated carbocycles.